The fraction of sp³-hybridized carbons (Fsp3) is 0. The van der Waals surface area contributed by atoms with E-state index in [1.807, 2.05) is 0 Å². The van der Waals surface area contributed by atoms with Crippen molar-refractivity contribution in [2.24, 2.45) is 0 Å². The number of hydrogen-bond donors (Lipinski definition) is 0. The molecular weight excluding hydrogens is 154 g/mol. The fourth-order valence-corrected chi connectivity index (χ4v) is 0. The van der Waals surface area contributed by atoms with Crippen molar-refractivity contribution in [2.75, 3.05) is 0 Å². The van der Waals surface area contributed by atoms with Gasteiger partial charge >= 0.3 is 51.5 Å². The van der Waals surface area contributed by atoms with Gasteiger partial charge in [-0.2, -0.15) is 0 Å². The first-order valence-corrected chi connectivity index (χ1v) is 0. The molecular formula is AlFeMnO+5. The molecule has 0 aromatic carbocycles. The molecule has 0 spiro atoms. The van der Waals surface area contributed by atoms with Crippen molar-refractivity contribution in [3.63, 3.8) is 0 Å². The molecule has 1 radical (unpaired) electrons. The van der Waals surface area contributed by atoms with E-state index in [9.17, 15) is 0 Å². The minimum atomic E-state index is 0. The Morgan fingerprint density at radius 1 is 1.00 bits per heavy atom. The summed E-state index contributed by atoms with van der Waals surface area (Å²) >= 11 is 0. The van der Waals surface area contributed by atoms with E-state index < -0.39 is 0 Å². The third kappa shape index (κ3) is 9.65. The first-order chi connectivity index (χ1) is 0. The Bertz CT molecular complexity index is 8.00. The Labute approximate surface area is 56.9 Å². The minimum Gasteiger partial charge on any atom is -2.00 e. The van der Waals surface area contributed by atoms with Crippen LogP contribution in [0.3, 0.4) is 0 Å². The molecule has 0 aliphatic heterocycles. The van der Waals surface area contributed by atoms with E-state index in [4.69, 9.17) is 0 Å². The standard InChI is InChI=1S/Al.Fe.Mn.O/q+3;2*+2;-2. The maximum Gasteiger partial charge on any atom is 3.00 e. The van der Waals surface area contributed by atoms with Gasteiger partial charge in [-0.25, -0.2) is 0 Å². The van der Waals surface area contributed by atoms with Gasteiger partial charge in [0, 0.05) is 0 Å². The van der Waals surface area contributed by atoms with Gasteiger partial charge < -0.3 is 5.48 Å². The van der Waals surface area contributed by atoms with Crippen molar-refractivity contribution in [1.82, 2.24) is 0 Å². The van der Waals surface area contributed by atoms with Gasteiger partial charge in [-0.05, 0) is 0 Å². The van der Waals surface area contributed by atoms with Crippen LogP contribution < -0.4 is 0 Å². The van der Waals surface area contributed by atoms with Crippen LogP contribution in [0.5, 0.6) is 0 Å². The summed E-state index contributed by atoms with van der Waals surface area (Å²) in [4.78, 5) is 0. The third-order valence-corrected chi connectivity index (χ3v) is 0. The predicted octanol–water partition coefficient (Wildman–Crippen LogP) is -0.505. The molecule has 0 saturated heterocycles. The second-order valence-corrected chi connectivity index (χ2v) is 0. The van der Waals surface area contributed by atoms with Gasteiger partial charge in [0.05, 0.1) is 0 Å². The van der Waals surface area contributed by atoms with Crippen molar-refractivity contribution in [3.05, 3.63) is 0 Å². The fourth-order valence-electron chi connectivity index (χ4n) is 0. The second kappa shape index (κ2) is 24.1. The van der Waals surface area contributed by atoms with E-state index in [2.05, 4.69) is 0 Å². The van der Waals surface area contributed by atoms with Gasteiger partial charge in [0.15, 0.2) is 0 Å². The largest absolute Gasteiger partial charge is 3.00 e. The molecule has 0 aromatic rings. The molecule has 0 heterocycles. The quantitative estimate of drug-likeness (QED) is 0.420. The topological polar surface area (TPSA) is 28.5 Å². The molecule has 4 heavy (non-hydrogen) atoms. The van der Waals surface area contributed by atoms with Crippen molar-refractivity contribution in [3.8, 4) is 0 Å². The molecule has 0 rings (SSSR count). The second-order valence-electron chi connectivity index (χ2n) is 0. The number of hydrogen-bond acceptors (Lipinski definition) is 0. The van der Waals surface area contributed by atoms with Gasteiger partial charge in [-0.15, -0.1) is 0 Å². The van der Waals surface area contributed by atoms with Crippen molar-refractivity contribution >= 4 is 17.4 Å². The molecule has 0 fully saturated rings. The molecule has 0 aromatic heterocycles. The van der Waals surface area contributed by atoms with E-state index in [0.29, 0.717) is 0 Å². The van der Waals surface area contributed by atoms with Gasteiger partial charge in [-0.3, -0.25) is 0 Å². The maximum absolute atomic E-state index is 0. The average molecular weight is 154 g/mol. The molecule has 0 aliphatic rings. The number of rotatable bonds is 0. The zero-order valence-corrected chi connectivity index (χ0v) is 5.16. The van der Waals surface area contributed by atoms with E-state index in [-0.39, 0.29) is 57.0 Å². The van der Waals surface area contributed by atoms with Crippen LogP contribution in [0.2, 0.25) is 0 Å². The van der Waals surface area contributed by atoms with Crippen LogP contribution in [0.1, 0.15) is 0 Å². The van der Waals surface area contributed by atoms with Gasteiger partial charge in [0.25, 0.3) is 0 Å². The molecule has 0 N–H and O–H groups in total. The minimum absolute atomic E-state index is 0. The third-order valence-electron chi connectivity index (χ3n) is 0. The van der Waals surface area contributed by atoms with E-state index in [1.165, 1.54) is 0 Å². The first kappa shape index (κ1) is 48.4. The Hall–Kier alpha value is 1.53. The Balaban J connectivity index is 0. The van der Waals surface area contributed by atoms with Crippen LogP contribution in [-0.2, 0) is 39.6 Å². The summed E-state index contributed by atoms with van der Waals surface area (Å²) in [6.07, 6.45) is 0. The summed E-state index contributed by atoms with van der Waals surface area (Å²) in [6, 6.07) is 0. The summed E-state index contributed by atoms with van der Waals surface area (Å²) in [5.41, 5.74) is 0. The van der Waals surface area contributed by atoms with Crippen LogP contribution in [0, 0.1) is 0 Å². The molecule has 0 bridgehead atoms. The summed E-state index contributed by atoms with van der Waals surface area (Å²) in [7, 11) is 0. The van der Waals surface area contributed by atoms with Crippen molar-refractivity contribution in [2.45, 2.75) is 0 Å². The molecule has 4 heteroatoms. The van der Waals surface area contributed by atoms with Crippen LogP contribution >= 0.6 is 0 Å². The summed E-state index contributed by atoms with van der Waals surface area (Å²) in [6.45, 7) is 0. The zero-order chi connectivity index (χ0) is 0. The Morgan fingerprint density at radius 3 is 1.00 bits per heavy atom. The van der Waals surface area contributed by atoms with E-state index >= 15 is 0 Å². The Kier molecular flexibility index (Phi) is 292. The molecule has 0 unspecified atom stereocenters. The summed E-state index contributed by atoms with van der Waals surface area (Å²) in [5, 5.41) is 0. The van der Waals surface area contributed by atoms with Gasteiger partial charge in [0.2, 0.25) is 0 Å². The van der Waals surface area contributed by atoms with Crippen LogP contribution in [-0.4, -0.2) is 17.4 Å². The smallest absolute Gasteiger partial charge is 2.00 e. The van der Waals surface area contributed by atoms with Crippen molar-refractivity contribution < 1.29 is 39.6 Å². The summed E-state index contributed by atoms with van der Waals surface area (Å²) < 4.78 is 0. The molecule has 0 saturated carbocycles. The molecule has 1 nitrogen and oxygen atoms in total. The van der Waals surface area contributed by atoms with Crippen molar-refractivity contribution in [1.29, 1.82) is 0 Å². The summed E-state index contributed by atoms with van der Waals surface area (Å²) in [5.74, 6) is 0. The molecule has 0 amide bonds. The molecule has 19 valence electrons. The SMILES string of the molecule is [Al+3].[Fe+2].[Mn+2].[O-2]. The van der Waals surface area contributed by atoms with E-state index in [1.54, 1.807) is 0 Å². The van der Waals surface area contributed by atoms with Crippen LogP contribution in [0.15, 0.2) is 0 Å². The predicted molar refractivity (Wildman–Crippen MR) is 6.44 cm³/mol. The van der Waals surface area contributed by atoms with E-state index in [0.717, 1.165) is 0 Å². The zero-order valence-electron chi connectivity index (χ0n) is 1.72. The molecule has 0 aliphatic carbocycles. The normalized spacial score (nSPS) is 0. The van der Waals surface area contributed by atoms with Gasteiger partial charge in [0.1, 0.15) is 0 Å². The maximum atomic E-state index is 0. The van der Waals surface area contributed by atoms with Gasteiger partial charge in [-0.1, -0.05) is 0 Å². The molecule has 0 atom stereocenters. The Morgan fingerprint density at radius 2 is 1.00 bits per heavy atom. The van der Waals surface area contributed by atoms with Crippen LogP contribution in [0.25, 0.3) is 0 Å². The first-order valence-electron chi connectivity index (χ1n) is 0. The monoisotopic (exact) mass is 154 g/mol. The van der Waals surface area contributed by atoms with Crippen LogP contribution in [0.4, 0.5) is 0 Å². The average Bonchev–Trinajstić information content (AvgIpc) is 0.